The highest BCUT2D eigenvalue weighted by molar-refractivity contribution is 7.71. The molecule has 2 aromatic carbocycles. The molecule has 3 rings (SSSR count). The summed E-state index contributed by atoms with van der Waals surface area (Å²) in [6.45, 7) is 6.13. The van der Waals surface area contributed by atoms with Gasteiger partial charge in [-0.1, -0.05) is 30.4 Å². The third-order valence-corrected chi connectivity index (χ3v) is 5.20. The molecular weight excluding hydrogens is 454 g/mol. The van der Waals surface area contributed by atoms with Crippen LogP contribution < -0.4 is 14.2 Å². The van der Waals surface area contributed by atoms with Crippen molar-refractivity contribution in [1.29, 1.82) is 0 Å². The van der Waals surface area contributed by atoms with Gasteiger partial charge in [0.15, 0.2) is 11.5 Å². The summed E-state index contributed by atoms with van der Waals surface area (Å²) < 4.78 is 24.1. The lowest BCUT2D eigenvalue weighted by Gasteiger charge is -2.14. The molecule has 0 unspecified atom stereocenters. The van der Waals surface area contributed by atoms with Crippen LogP contribution in [0.3, 0.4) is 0 Å². The predicted molar refractivity (Wildman–Crippen MR) is 132 cm³/mol. The van der Waals surface area contributed by atoms with Gasteiger partial charge >= 0.3 is 11.9 Å². The first-order chi connectivity index (χ1) is 16.3. The first kappa shape index (κ1) is 25.1. The molecule has 0 aliphatic carbocycles. The third-order valence-electron chi connectivity index (χ3n) is 4.76. The molecule has 0 atom stereocenters. The Kier molecular flexibility index (Phi) is 8.56. The minimum absolute atomic E-state index is 0.146. The maximum Gasteiger partial charge on any atom is 0.308 e. The van der Waals surface area contributed by atoms with Crippen molar-refractivity contribution in [1.82, 2.24) is 4.57 Å². The van der Waals surface area contributed by atoms with Crippen LogP contribution in [0.5, 0.6) is 17.2 Å². The second kappa shape index (κ2) is 11.6. The van der Waals surface area contributed by atoms with Crippen molar-refractivity contribution in [2.45, 2.75) is 20.8 Å². The lowest BCUT2D eigenvalue weighted by Crippen LogP contribution is -2.07. The van der Waals surface area contributed by atoms with Gasteiger partial charge < -0.3 is 23.5 Å². The van der Waals surface area contributed by atoms with Gasteiger partial charge in [0.2, 0.25) is 0 Å². The van der Waals surface area contributed by atoms with Gasteiger partial charge in [-0.3, -0.25) is 9.59 Å². The van der Waals surface area contributed by atoms with Crippen molar-refractivity contribution in [3.05, 3.63) is 59.4 Å². The second-order valence-corrected chi connectivity index (χ2v) is 7.91. The van der Waals surface area contributed by atoms with E-state index in [-0.39, 0.29) is 11.5 Å². The number of carbonyl (C=O) groups is 2. The van der Waals surface area contributed by atoms with E-state index in [2.05, 4.69) is 0 Å². The molecule has 1 aromatic heterocycles. The van der Waals surface area contributed by atoms with E-state index in [4.69, 9.17) is 31.2 Å². The normalized spacial score (nSPS) is 10.6. The molecule has 178 valence electrons. The molecule has 1 heterocycles. The van der Waals surface area contributed by atoms with E-state index in [0.29, 0.717) is 24.3 Å². The third kappa shape index (κ3) is 6.52. The standard InChI is InChI=1S/C26H27NO6S/c1-5-30-11-12-31-21-8-6-7-19(13-21)22-15-27(4)16-23(26(22)34)20-9-10-24(32-17(2)28)25(14-20)33-18(3)29/h6-10,13-16H,5,11-12H2,1-4H3. The fourth-order valence-electron chi connectivity index (χ4n) is 3.38. The minimum atomic E-state index is -0.524. The van der Waals surface area contributed by atoms with Crippen LogP contribution in [0.4, 0.5) is 0 Å². The van der Waals surface area contributed by atoms with Crippen molar-refractivity contribution in [3.63, 3.8) is 0 Å². The molecule has 0 fully saturated rings. The Bertz CT molecular complexity index is 1250. The second-order valence-electron chi connectivity index (χ2n) is 7.50. The number of hydrogen-bond acceptors (Lipinski definition) is 7. The number of ether oxygens (including phenoxy) is 4. The number of nitrogens with zero attached hydrogens (tertiary/aromatic N) is 1. The molecular formula is C26H27NO6S. The summed E-state index contributed by atoms with van der Waals surface area (Å²) in [6, 6.07) is 12.7. The van der Waals surface area contributed by atoms with Gasteiger partial charge in [-0.05, 0) is 42.3 Å². The van der Waals surface area contributed by atoms with Crippen molar-refractivity contribution >= 4 is 24.2 Å². The first-order valence-electron chi connectivity index (χ1n) is 10.8. The summed E-state index contributed by atoms with van der Waals surface area (Å²) in [5.41, 5.74) is 3.25. The number of esters is 2. The molecule has 34 heavy (non-hydrogen) atoms. The Hall–Kier alpha value is -3.49. The van der Waals surface area contributed by atoms with Gasteiger partial charge in [-0.25, -0.2) is 0 Å². The van der Waals surface area contributed by atoms with Gasteiger partial charge in [0.25, 0.3) is 0 Å². The van der Waals surface area contributed by atoms with Gasteiger partial charge in [-0.15, -0.1) is 0 Å². The topological polar surface area (TPSA) is 76.0 Å². The summed E-state index contributed by atoms with van der Waals surface area (Å²) in [4.78, 5) is 23.0. The van der Waals surface area contributed by atoms with Crippen LogP contribution in [0, 0.1) is 4.51 Å². The van der Waals surface area contributed by atoms with Crippen molar-refractivity contribution in [3.8, 4) is 39.5 Å². The van der Waals surface area contributed by atoms with E-state index >= 15 is 0 Å². The zero-order valence-electron chi connectivity index (χ0n) is 19.6. The van der Waals surface area contributed by atoms with E-state index in [1.807, 2.05) is 55.2 Å². The summed E-state index contributed by atoms with van der Waals surface area (Å²) in [5, 5.41) is 0. The lowest BCUT2D eigenvalue weighted by molar-refractivity contribution is -0.134. The summed E-state index contributed by atoms with van der Waals surface area (Å²) >= 11 is 5.85. The number of carbonyl (C=O) groups excluding carboxylic acids is 2. The monoisotopic (exact) mass is 481 g/mol. The number of hydrogen-bond donors (Lipinski definition) is 0. The number of rotatable bonds is 9. The van der Waals surface area contributed by atoms with Gasteiger partial charge in [0.05, 0.1) is 11.1 Å². The number of benzene rings is 2. The molecule has 0 bridgehead atoms. The quantitative estimate of drug-likeness (QED) is 0.176. The Labute approximate surface area is 203 Å². The number of pyridine rings is 1. The fraction of sp³-hybridized carbons (Fsp3) is 0.269. The molecule has 0 aliphatic heterocycles. The fourth-order valence-corrected chi connectivity index (χ4v) is 3.72. The smallest absolute Gasteiger partial charge is 0.308 e. The van der Waals surface area contributed by atoms with Crippen LogP contribution in [0.15, 0.2) is 54.9 Å². The average Bonchev–Trinajstić information content (AvgIpc) is 2.79. The molecule has 0 amide bonds. The molecule has 8 heteroatoms. The first-order valence-corrected chi connectivity index (χ1v) is 11.2. The summed E-state index contributed by atoms with van der Waals surface area (Å²) in [7, 11) is 1.91. The summed E-state index contributed by atoms with van der Waals surface area (Å²) in [5.74, 6) is -0.00355. The molecule has 0 N–H and O–H groups in total. The average molecular weight is 482 g/mol. The van der Waals surface area contributed by atoms with E-state index in [9.17, 15) is 9.59 Å². The van der Waals surface area contributed by atoms with Gasteiger partial charge in [-0.2, -0.15) is 0 Å². The number of aromatic nitrogens is 1. The Morgan fingerprint density at radius 1 is 0.882 bits per heavy atom. The predicted octanol–water partition coefficient (Wildman–Crippen LogP) is 5.35. The molecule has 3 aromatic rings. The molecule has 0 saturated carbocycles. The van der Waals surface area contributed by atoms with Crippen LogP contribution in [-0.4, -0.2) is 36.3 Å². The van der Waals surface area contributed by atoms with Crippen LogP contribution in [0.2, 0.25) is 0 Å². The van der Waals surface area contributed by atoms with E-state index in [1.165, 1.54) is 13.8 Å². The Morgan fingerprint density at radius 3 is 2.18 bits per heavy atom. The van der Waals surface area contributed by atoms with E-state index in [1.54, 1.807) is 18.2 Å². The zero-order chi connectivity index (χ0) is 24.7. The highest BCUT2D eigenvalue weighted by Gasteiger charge is 2.15. The molecule has 0 spiro atoms. The van der Waals surface area contributed by atoms with Crippen LogP contribution >= 0.6 is 12.2 Å². The van der Waals surface area contributed by atoms with Crippen molar-refractivity contribution < 1.29 is 28.5 Å². The summed E-state index contributed by atoms with van der Waals surface area (Å²) in [6.07, 6.45) is 3.85. The largest absolute Gasteiger partial charge is 0.491 e. The highest BCUT2D eigenvalue weighted by atomic mass is 32.1. The molecule has 7 nitrogen and oxygen atoms in total. The lowest BCUT2D eigenvalue weighted by atomic mass is 10.0. The van der Waals surface area contributed by atoms with Crippen LogP contribution in [-0.2, 0) is 21.4 Å². The minimum Gasteiger partial charge on any atom is -0.491 e. The maximum absolute atomic E-state index is 11.6. The zero-order valence-corrected chi connectivity index (χ0v) is 20.4. The van der Waals surface area contributed by atoms with Crippen molar-refractivity contribution in [2.75, 3.05) is 19.8 Å². The SMILES string of the molecule is CCOCCOc1cccc(-c2cn(C)cc(-c3ccc(OC(C)=O)c(OC(C)=O)c3)c2=S)c1. The van der Waals surface area contributed by atoms with Crippen LogP contribution in [0.1, 0.15) is 20.8 Å². The Balaban J connectivity index is 2.01. The van der Waals surface area contributed by atoms with Crippen LogP contribution in [0.25, 0.3) is 22.3 Å². The van der Waals surface area contributed by atoms with Gasteiger partial charge in [0.1, 0.15) is 12.4 Å². The number of aryl methyl sites for hydroxylation is 1. The van der Waals surface area contributed by atoms with E-state index in [0.717, 1.165) is 28.0 Å². The highest BCUT2D eigenvalue weighted by Crippen LogP contribution is 2.36. The maximum atomic E-state index is 11.6. The molecule has 0 aliphatic rings. The van der Waals surface area contributed by atoms with E-state index < -0.39 is 11.9 Å². The molecule has 0 radical (unpaired) electrons. The Morgan fingerprint density at radius 2 is 1.53 bits per heavy atom. The van der Waals surface area contributed by atoms with Gasteiger partial charge in [0, 0.05) is 51.0 Å². The van der Waals surface area contributed by atoms with Crippen molar-refractivity contribution in [2.24, 2.45) is 7.05 Å². The molecule has 0 saturated heterocycles.